The molecule has 0 heterocycles. The molecule has 0 aliphatic heterocycles. The first-order chi connectivity index (χ1) is 12.5. The summed E-state index contributed by atoms with van der Waals surface area (Å²) in [5.74, 6) is -0.0294. The molecule has 2 rings (SSSR count). The van der Waals surface area contributed by atoms with Crippen molar-refractivity contribution in [3.8, 4) is 17.2 Å². The van der Waals surface area contributed by atoms with Crippen LogP contribution in [0.3, 0.4) is 0 Å². The number of hydrogen-bond acceptors (Lipinski definition) is 7. The molecule has 0 atom stereocenters. The smallest absolute Gasteiger partial charge is 0.345 e. The average molecular weight is 382 g/mol. The molecule has 0 amide bonds. The summed E-state index contributed by atoms with van der Waals surface area (Å²) in [5, 5.41) is 11.7. The van der Waals surface area contributed by atoms with Gasteiger partial charge in [-0.3, -0.25) is 10.1 Å². The lowest BCUT2D eigenvalue weighted by molar-refractivity contribution is -0.385. The van der Waals surface area contributed by atoms with Crippen molar-refractivity contribution >= 4 is 23.3 Å². The lowest BCUT2D eigenvalue weighted by Gasteiger charge is -2.11. The molecule has 0 saturated carbocycles. The van der Waals surface area contributed by atoms with E-state index in [4.69, 9.17) is 30.5 Å². The van der Waals surface area contributed by atoms with Gasteiger partial charge in [-0.25, -0.2) is 4.79 Å². The van der Waals surface area contributed by atoms with Crippen molar-refractivity contribution in [3.63, 3.8) is 0 Å². The predicted molar refractivity (Wildman–Crippen MR) is 93.4 cm³/mol. The lowest BCUT2D eigenvalue weighted by Crippen LogP contribution is -2.14. The van der Waals surface area contributed by atoms with Gasteiger partial charge in [-0.1, -0.05) is 17.7 Å². The van der Waals surface area contributed by atoms with Gasteiger partial charge in [-0.2, -0.15) is 0 Å². The van der Waals surface area contributed by atoms with Gasteiger partial charge < -0.3 is 18.9 Å². The van der Waals surface area contributed by atoms with Crippen molar-refractivity contribution in [2.45, 2.75) is 0 Å². The summed E-state index contributed by atoms with van der Waals surface area (Å²) < 4.78 is 20.5. The zero-order valence-electron chi connectivity index (χ0n) is 14.1. The Morgan fingerprint density at radius 1 is 1.12 bits per heavy atom. The van der Waals surface area contributed by atoms with Crippen LogP contribution >= 0.6 is 11.6 Å². The monoisotopic (exact) mass is 381 g/mol. The summed E-state index contributed by atoms with van der Waals surface area (Å²) in [6.45, 7) is -0.0377. The number of carbonyl (C=O) groups is 1. The van der Waals surface area contributed by atoms with Gasteiger partial charge in [0.25, 0.3) is 5.69 Å². The van der Waals surface area contributed by atoms with Gasteiger partial charge in [-0.05, 0) is 18.2 Å². The van der Waals surface area contributed by atoms with E-state index in [1.165, 1.54) is 20.3 Å². The first-order valence-electron chi connectivity index (χ1n) is 7.42. The maximum atomic E-state index is 12.2. The number of esters is 1. The Morgan fingerprint density at radius 2 is 1.81 bits per heavy atom. The molecule has 0 N–H and O–H groups in total. The molecule has 0 unspecified atom stereocenters. The van der Waals surface area contributed by atoms with Gasteiger partial charge in [0.05, 0.1) is 25.2 Å². The number of benzene rings is 2. The highest BCUT2D eigenvalue weighted by atomic mass is 35.5. The van der Waals surface area contributed by atoms with E-state index in [1.807, 2.05) is 0 Å². The summed E-state index contributed by atoms with van der Waals surface area (Å²) in [6, 6.07) is 9.05. The van der Waals surface area contributed by atoms with E-state index in [0.717, 1.165) is 6.07 Å². The van der Waals surface area contributed by atoms with Gasteiger partial charge in [0, 0.05) is 11.1 Å². The SMILES string of the molecule is COc1cc(C(=O)OCCOc2cccc(Cl)c2)c([N+](=O)[O-])cc1OC. The Hall–Kier alpha value is -3.00. The Kier molecular flexibility index (Phi) is 6.62. The summed E-state index contributed by atoms with van der Waals surface area (Å²) in [6.07, 6.45) is 0. The Labute approximate surface area is 154 Å². The van der Waals surface area contributed by atoms with E-state index in [0.29, 0.717) is 10.8 Å². The van der Waals surface area contributed by atoms with Gasteiger partial charge >= 0.3 is 5.97 Å². The molecule has 2 aromatic carbocycles. The number of methoxy groups -OCH3 is 2. The van der Waals surface area contributed by atoms with E-state index in [-0.39, 0.29) is 30.3 Å². The second kappa shape index (κ2) is 8.91. The van der Waals surface area contributed by atoms with Crippen molar-refractivity contribution in [2.75, 3.05) is 27.4 Å². The topological polar surface area (TPSA) is 97.1 Å². The van der Waals surface area contributed by atoms with Crippen LogP contribution in [0.2, 0.25) is 5.02 Å². The molecule has 0 spiro atoms. The largest absolute Gasteiger partial charge is 0.493 e. The fraction of sp³-hybridized carbons (Fsp3) is 0.235. The van der Waals surface area contributed by atoms with Gasteiger partial charge in [0.1, 0.15) is 24.5 Å². The zero-order chi connectivity index (χ0) is 19.1. The minimum Gasteiger partial charge on any atom is -0.493 e. The molecule has 2 aromatic rings. The van der Waals surface area contributed by atoms with Crippen LogP contribution in [0.15, 0.2) is 36.4 Å². The highest BCUT2D eigenvalue weighted by Gasteiger charge is 2.25. The first kappa shape index (κ1) is 19.3. The van der Waals surface area contributed by atoms with Crippen LogP contribution in [0.25, 0.3) is 0 Å². The molecule has 0 radical (unpaired) electrons. The average Bonchev–Trinajstić information content (AvgIpc) is 2.63. The number of ether oxygens (including phenoxy) is 4. The molecule has 0 aromatic heterocycles. The highest BCUT2D eigenvalue weighted by molar-refractivity contribution is 6.30. The molecule has 138 valence electrons. The highest BCUT2D eigenvalue weighted by Crippen LogP contribution is 2.34. The minimum absolute atomic E-state index is 0.0627. The normalized spacial score (nSPS) is 10.1. The van der Waals surface area contributed by atoms with E-state index in [1.54, 1.807) is 24.3 Å². The maximum Gasteiger partial charge on any atom is 0.345 e. The molecule has 0 aliphatic rings. The lowest BCUT2D eigenvalue weighted by atomic mass is 10.1. The van der Waals surface area contributed by atoms with Crippen LogP contribution in [0, 0.1) is 10.1 Å². The van der Waals surface area contributed by atoms with Crippen molar-refractivity contribution in [2.24, 2.45) is 0 Å². The van der Waals surface area contributed by atoms with Gasteiger partial charge in [0.15, 0.2) is 11.5 Å². The summed E-state index contributed by atoms with van der Waals surface area (Å²) in [5.41, 5.74) is -0.682. The van der Waals surface area contributed by atoms with Crippen LogP contribution in [0.5, 0.6) is 17.2 Å². The van der Waals surface area contributed by atoms with Crippen molar-refractivity contribution in [3.05, 3.63) is 57.1 Å². The van der Waals surface area contributed by atoms with E-state index in [2.05, 4.69) is 0 Å². The zero-order valence-corrected chi connectivity index (χ0v) is 14.8. The molecular formula is C17H16ClNO7. The first-order valence-corrected chi connectivity index (χ1v) is 7.80. The number of halogens is 1. The minimum atomic E-state index is -0.868. The Bertz CT molecular complexity index is 810. The number of nitrogens with zero attached hydrogens (tertiary/aromatic N) is 1. The third-order valence-electron chi connectivity index (χ3n) is 3.30. The van der Waals surface area contributed by atoms with Crippen molar-refractivity contribution in [1.29, 1.82) is 0 Å². The fourth-order valence-corrected chi connectivity index (χ4v) is 2.29. The third-order valence-corrected chi connectivity index (χ3v) is 3.53. The van der Waals surface area contributed by atoms with Gasteiger partial charge in [0.2, 0.25) is 0 Å². The second-order valence-corrected chi connectivity index (χ2v) is 5.36. The molecule has 0 bridgehead atoms. The van der Waals surface area contributed by atoms with E-state index in [9.17, 15) is 14.9 Å². The fourth-order valence-electron chi connectivity index (χ4n) is 2.11. The summed E-state index contributed by atoms with van der Waals surface area (Å²) >= 11 is 5.84. The van der Waals surface area contributed by atoms with E-state index < -0.39 is 16.6 Å². The molecule has 8 nitrogen and oxygen atoms in total. The summed E-state index contributed by atoms with van der Waals surface area (Å²) in [4.78, 5) is 22.7. The van der Waals surface area contributed by atoms with Crippen LogP contribution in [0.4, 0.5) is 5.69 Å². The number of carbonyl (C=O) groups excluding carboxylic acids is 1. The van der Waals surface area contributed by atoms with E-state index >= 15 is 0 Å². The van der Waals surface area contributed by atoms with Gasteiger partial charge in [-0.15, -0.1) is 0 Å². The molecule has 0 fully saturated rings. The van der Waals surface area contributed by atoms with Crippen molar-refractivity contribution in [1.82, 2.24) is 0 Å². The predicted octanol–water partition coefficient (Wildman–Crippen LogP) is 3.50. The third kappa shape index (κ3) is 4.76. The van der Waals surface area contributed by atoms with Crippen molar-refractivity contribution < 1.29 is 28.7 Å². The quantitative estimate of drug-likeness (QED) is 0.299. The van der Waals surface area contributed by atoms with Crippen LogP contribution in [-0.4, -0.2) is 38.3 Å². The maximum absolute atomic E-state index is 12.2. The number of hydrogen-bond donors (Lipinski definition) is 0. The summed E-state index contributed by atoms with van der Waals surface area (Å²) in [7, 11) is 2.70. The second-order valence-electron chi connectivity index (χ2n) is 4.92. The molecule has 26 heavy (non-hydrogen) atoms. The van der Waals surface area contributed by atoms with Crippen LogP contribution in [0.1, 0.15) is 10.4 Å². The van der Waals surface area contributed by atoms with Crippen LogP contribution < -0.4 is 14.2 Å². The van der Waals surface area contributed by atoms with Crippen LogP contribution in [-0.2, 0) is 4.74 Å². The molecular weight excluding hydrogens is 366 g/mol. The molecule has 0 saturated heterocycles. The Morgan fingerprint density at radius 3 is 2.42 bits per heavy atom. The number of nitro benzene ring substituents is 1. The standard InChI is InChI=1S/C17H16ClNO7/c1-23-15-9-13(14(19(21)22)10-16(15)24-2)17(20)26-7-6-25-12-5-3-4-11(18)8-12/h3-5,8-10H,6-7H2,1-2H3. The number of rotatable bonds is 8. The molecule has 9 heteroatoms. The Balaban J connectivity index is 2.05. The molecule has 0 aliphatic carbocycles. The number of nitro groups is 1.